The molecule has 1 aliphatic carbocycles. The highest BCUT2D eigenvalue weighted by molar-refractivity contribution is 5.93. The number of nitrogens with zero attached hydrogens (tertiary/aromatic N) is 2. The molecule has 3 aromatic rings. The van der Waals surface area contributed by atoms with E-state index in [2.05, 4.69) is 49.6 Å². The fourth-order valence-corrected chi connectivity index (χ4v) is 5.20. The Kier molecular flexibility index (Phi) is 5.20. The van der Waals surface area contributed by atoms with E-state index in [-0.39, 0.29) is 5.97 Å². The van der Waals surface area contributed by atoms with Crippen molar-refractivity contribution in [3.8, 4) is 0 Å². The van der Waals surface area contributed by atoms with E-state index in [4.69, 9.17) is 9.72 Å². The fourth-order valence-electron chi connectivity index (χ4n) is 5.20. The third-order valence-electron chi connectivity index (χ3n) is 6.12. The van der Waals surface area contributed by atoms with Crippen LogP contribution >= 0.6 is 0 Å². The number of fused-ring (bicyclic) bond motifs is 1. The van der Waals surface area contributed by atoms with E-state index in [0.29, 0.717) is 22.9 Å². The molecule has 0 saturated heterocycles. The highest BCUT2D eigenvalue weighted by atomic mass is 16.5. The lowest BCUT2D eigenvalue weighted by Crippen LogP contribution is -2.30. The number of imidazole rings is 1. The van der Waals surface area contributed by atoms with Crippen molar-refractivity contribution in [1.29, 1.82) is 0 Å². The molecule has 1 aliphatic rings. The van der Waals surface area contributed by atoms with Gasteiger partial charge in [-0.1, -0.05) is 51.1 Å². The second-order valence-electron chi connectivity index (χ2n) is 9.32. The first-order valence-electron chi connectivity index (χ1n) is 10.5. The van der Waals surface area contributed by atoms with Crippen LogP contribution in [0.25, 0.3) is 11.0 Å². The number of carbonyl (C=O) groups excluding carboxylic acids is 1. The molecular weight excluding hydrogens is 360 g/mol. The van der Waals surface area contributed by atoms with Crippen molar-refractivity contribution < 1.29 is 9.53 Å². The van der Waals surface area contributed by atoms with Crippen molar-refractivity contribution in [2.75, 3.05) is 7.11 Å². The molecule has 2 unspecified atom stereocenters. The molecule has 4 heteroatoms. The van der Waals surface area contributed by atoms with Gasteiger partial charge in [0.25, 0.3) is 0 Å². The summed E-state index contributed by atoms with van der Waals surface area (Å²) >= 11 is 0. The van der Waals surface area contributed by atoms with Crippen molar-refractivity contribution in [1.82, 2.24) is 9.55 Å². The zero-order valence-corrected chi connectivity index (χ0v) is 17.8. The van der Waals surface area contributed by atoms with Gasteiger partial charge in [-0.2, -0.15) is 0 Å². The molecule has 0 aliphatic heterocycles. The predicted molar refractivity (Wildman–Crippen MR) is 116 cm³/mol. The molecule has 1 saturated carbocycles. The van der Waals surface area contributed by atoms with Gasteiger partial charge in [-0.15, -0.1) is 0 Å². The van der Waals surface area contributed by atoms with E-state index in [9.17, 15) is 4.79 Å². The molecule has 1 fully saturated rings. The lowest BCUT2D eigenvalue weighted by molar-refractivity contribution is 0.0601. The average molecular weight is 391 g/mol. The summed E-state index contributed by atoms with van der Waals surface area (Å²) in [6.45, 7) is 7.11. The number of ether oxygens (including phenoxy) is 1. The number of hydrogen-bond acceptors (Lipinski definition) is 3. The Morgan fingerprint density at radius 2 is 1.93 bits per heavy atom. The normalized spacial score (nSPS) is 21.2. The Morgan fingerprint density at radius 1 is 1.17 bits per heavy atom. The van der Waals surface area contributed by atoms with Crippen LogP contribution in [0.2, 0.25) is 0 Å². The number of aromatic nitrogens is 2. The van der Waals surface area contributed by atoms with Gasteiger partial charge >= 0.3 is 5.97 Å². The van der Waals surface area contributed by atoms with Crippen LogP contribution in [0.15, 0.2) is 48.5 Å². The summed E-state index contributed by atoms with van der Waals surface area (Å²) in [5.74, 6) is 1.43. The standard InChI is InChI=1S/C25H30N2O2/c1-17-12-20(16-25(2,3)15-17)27-22-11-10-19(24(28)29-4)14-21(22)26-23(27)13-18-8-6-5-7-9-18/h5-11,14,17,20H,12-13,15-16H2,1-4H3. The molecule has 4 rings (SSSR count). The third kappa shape index (κ3) is 4.07. The SMILES string of the molecule is COC(=O)c1ccc2c(c1)nc(Cc1ccccc1)n2C1CC(C)CC(C)(C)C1. The van der Waals surface area contributed by atoms with E-state index >= 15 is 0 Å². The summed E-state index contributed by atoms with van der Waals surface area (Å²) in [6.07, 6.45) is 4.35. The lowest BCUT2D eigenvalue weighted by atomic mass is 9.70. The van der Waals surface area contributed by atoms with Crippen molar-refractivity contribution in [2.45, 2.75) is 52.5 Å². The first-order valence-corrected chi connectivity index (χ1v) is 10.5. The Bertz CT molecular complexity index is 1020. The molecular formula is C25H30N2O2. The van der Waals surface area contributed by atoms with Gasteiger partial charge in [-0.3, -0.25) is 0 Å². The van der Waals surface area contributed by atoms with Crippen LogP contribution in [0.4, 0.5) is 0 Å². The minimum absolute atomic E-state index is 0.314. The number of rotatable bonds is 4. The number of benzene rings is 2. The second kappa shape index (κ2) is 7.66. The molecule has 2 atom stereocenters. The summed E-state index contributed by atoms with van der Waals surface area (Å²) in [7, 11) is 1.41. The molecule has 1 heterocycles. The first kappa shape index (κ1) is 19.7. The highest BCUT2D eigenvalue weighted by Crippen LogP contribution is 2.45. The second-order valence-corrected chi connectivity index (χ2v) is 9.32. The van der Waals surface area contributed by atoms with Crippen molar-refractivity contribution in [2.24, 2.45) is 11.3 Å². The fraction of sp³-hybridized carbons (Fsp3) is 0.440. The van der Waals surface area contributed by atoms with Crippen LogP contribution in [0, 0.1) is 11.3 Å². The maximum atomic E-state index is 12.0. The average Bonchev–Trinajstić information content (AvgIpc) is 3.03. The van der Waals surface area contributed by atoms with Crippen LogP contribution in [0.5, 0.6) is 0 Å². The van der Waals surface area contributed by atoms with Gasteiger partial charge in [0.1, 0.15) is 5.82 Å². The van der Waals surface area contributed by atoms with Crippen LogP contribution in [-0.4, -0.2) is 22.6 Å². The maximum Gasteiger partial charge on any atom is 0.337 e. The Hall–Kier alpha value is -2.62. The summed E-state index contributed by atoms with van der Waals surface area (Å²) < 4.78 is 7.35. The minimum atomic E-state index is -0.321. The van der Waals surface area contributed by atoms with Crippen molar-refractivity contribution in [3.63, 3.8) is 0 Å². The quantitative estimate of drug-likeness (QED) is 0.529. The Labute approximate surface area is 172 Å². The number of methoxy groups -OCH3 is 1. The molecule has 0 bridgehead atoms. The summed E-state index contributed by atoms with van der Waals surface area (Å²) in [4.78, 5) is 17.0. The van der Waals surface area contributed by atoms with E-state index in [0.717, 1.165) is 36.1 Å². The lowest BCUT2D eigenvalue weighted by Gasteiger charge is -2.40. The molecule has 0 N–H and O–H groups in total. The van der Waals surface area contributed by atoms with Crippen LogP contribution in [0.3, 0.4) is 0 Å². The Morgan fingerprint density at radius 3 is 2.62 bits per heavy atom. The van der Waals surface area contributed by atoms with Gasteiger partial charge in [0.2, 0.25) is 0 Å². The third-order valence-corrected chi connectivity index (χ3v) is 6.12. The van der Waals surface area contributed by atoms with Gasteiger partial charge < -0.3 is 9.30 Å². The van der Waals surface area contributed by atoms with Gasteiger partial charge in [0, 0.05) is 12.5 Å². The monoisotopic (exact) mass is 390 g/mol. The highest BCUT2D eigenvalue weighted by Gasteiger charge is 2.34. The number of hydrogen-bond donors (Lipinski definition) is 0. The van der Waals surface area contributed by atoms with Gasteiger partial charge in [0.15, 0.2) is 0 Å². The molecule has 0 amide bonds. The van der Waals surface area contributed by atoms with Gasteiger partial charge in [-0.25, -0.2) is 9.78 Å². The zero-order chi connectivity index (χ0) is 20.6. The van der Waals surface area contributed by atoms with Crippen molar-refractivity contribution >= 4 is 17.0 Å². The van der Waals surface area contributed by atoms with Gasteiger partial charge in [-0.05, 0) is 54.4 Å². The summed E-state index contributed by atoms with van der Waals surface area (Å²) in [5.41, 5.74) is 4.09. The van der Waals surface area contributed by atoms with E-state index < -0.39 is 0 Å². The largest absolute Gasteiger partial charge is 0.465 e. The van der Waals surface area contributed by atoms with Crippen LogP contribution < -0.4 is 0 Å². The maximum absolute atomic E-state index is 12.0. The van der Waals surface area contributed by atoms with E-state index in [1.807, 2.05) is 24.3 Å². The summed E-state index contributed by atoms with van der Waals surface area (Å²) in [5, 5.41) is 0. The summed E-state index contributed by atoms with van der Waals surface area (Å²) in [6, 6.07) is 16.7. The number of esters is 1. The van der Waals surface area contributed by atoms with E-state index in [1.54, 1.807) is 0 Å². The molecule has 152 valence electrons. The van der Waals surface area contributed by atoms with Crippen LogP contribution in [-0.2, 0) is 11.2 Å². The molecule has 29 heavy (non-hydrogen) atoms. The van der Waals surface area contributed by atoms with Crippen LogP contribution in [0.1, 0.15) is 67.8 Å². The Balaban J connectivity index is 1.82. The minimum Gasteiger partial charge on any atom is -0.465 e. The molecule has 1 aromatic heterocycles. The molecule has 2 aromatic carbocycles. The zero-order valence-electron chi connectivity index (χ0n) is 17.8. The molecule has 0 radical (unpaired) electrons. The molecule has 4 nitrogen and oxygen atoms in total. The number of carbonyl (C=O) groups is 1. The smallest absolute Gasteiger partial charge is 0.337 e. The van der Waals surface area contributed by atoms with E-state index in [1.165, 1.54) is 19.1 Å². The topological polar surface area (TPSA) is 44.1 Å². The van der Waals surface area contributed by atoms with Gasteiger partial charge in [0.05, 0.1) is 23.7 Å². The predicted octanol–water partition coefficient (Wildman–Crippen LogP) is 5.80. The molecule has 0 spiro atoms. The first-order chi connectivity index (χ1) is 13.9. The van der Waals surface area contributed by atoms with Crippen molar-refractivity contribution in [3.05, 3.63) is 65.5 Å².